The van der Waals surface area contributed by atoms with E-state index in [0.29, 0.717) is 22.5 Å². The first-order valence-electron chi connectivity index (χ1n) is 7.03. The van der Waals surface area contributed by atoms with E-state index in [1.807, 2.05) is 13.8 Å². The first-order valence-corrected chi connectivity index (χ1v) is 8.83. The third kappa shape index (κ3) is 3.83. The van der Waals surface area contributed by atoms with Crippen molar-refractivity contribution < 1.29 is 13.6 Å². The summed E-state index contributed by atoms with van der Waals surface area (Å²) in [6, 6.07) is 1.75. The van der Waals surface area contributed by atoms with Crippen LogP contribution in [0.5, 0.6) is 0 Å². The van der Waals surface area contributed by atoms with E-state index in [0.717, 1.165) is 22.0 Å². The second-order valence-electron chi connectivity index (χ2n) is 4.73. The van der Waals surface area contributed by atoms with Gasteiger partial charge in [0.25, 0.3) is 5.91 Å². The molecule has 0 aromatic carbocycles. The molecule has 3 heterocycles. The Kier molecular flexibility index (Phi) is 4.82. The van der Waals surface area contributed by atoms with Crippen molar-refractivity contribution in [2.24, 2.45) is 0 Å². The smallest absolute Gasteiger partial charge is 0.293 e. The van der Waals surface area contributed by atoms with E-state index in [2.05, 4.69) is 15.3 Å². The third-order valence-corrected chi connectivity index (χ3v) is 5.15. The summed E-state index contributed by atoms with van der Waals surface area (Å²) in [5, 5.41) is 3.28. The Morgan fingerprint density at radius 2 is 2.26 bits per heavy atom. The number of rotatable bonds is 6. The molecule has 120 valence electrons. The number of amides is 1. The van der Waals surface area contributed by atoms with Crippen LogP contribution in [-0.4, -0.2) is 15.9 Å². The lowest BCUT2D eigenvalue weighted by Gasteiger charge is -1.98. The zero-order valence-electron chi connectivity index (χ0n) is 12.7. The van der Waals surface area contributed by atoms with Gasteiger partial charge in [0.05, 0.1) is 28.6 Å². The van der Waals surface area contributed by atoms with Crippen LogP contribution in [-0.2, 0) is 12.2 Å². The lowest BCUT2D eigenvalue weighted by molar-refractivity contribution is 0.0996. The monoisotopic (exact) mass is 349 g/mol. The first-order chi connectivity index (χ1) is 11.2. The Hall–Kier alpha value is -2.06. The topological polar surface area (TPSA) is 81.2 Å². The number of carbonyl (C=O) groups is 1. The summed E-state index contributed by atoms with van der Waals surface area (Å²) in [6.45, 7) is 3.85. The van der Waals surface area contributed by atoms with Gasteiger partial charge < -0.3 is 8.83 Å². The summed E-state index contributed by atoms with van der Waals surface area (Å²) in [7, 11) is 0. The van der Waals surface area contributed by atoms with Crippen molar-refractivity contribution in [2.45, 2.75) is 30.2 Å². The van der Waals surface area contributed by atoms with Crippen LogP contribution in [0.1, 0.15) is 34.7 Å². The van der Waals surface area contributed by atoms with Crippen LogP contribution in [0.4, 0.5) is 5.13 Å². The summed E-state index contributed by atoms with van der Waals surface area (Å²) in [5.41, 5.74) is 0.796. The minimum absolute atomic E-state index is 0.293. The maximum atomic E-state index is 12.1. The summed E-state index contributed by atoms with van der Waals surface area (Å²) in [4.78, 5) is 20.5. The highest BCUT2D eigenvalue weighted by Crippen LogP contribution is 2.31. The average Bonchev–Trinajstić information content (AvgIpc) is 3.25. The van der Waals surface area contributed by atoms with E-state index in [9.17, 15) is 4.79 Å². The maximum Gasteiger partial charge on any atom is 0.293 e. The van der Waals surface area contributed by atoms with Gasteiger partial charge in [-0.05, 0) is 13.0 Å². The molecule has 0 radical (unpaired) electrons. The number of carbonyl (C=O) groups excluding carboxylic acids is 1. The molecule has 3 aromatic heterocycles. The van der Waals surface area contributed by atoms with Crippen molar-refractivity contribution in [2.75, 3.05) is 5.32 Å². The lowest BCUT2D eigenvalue weighted by atomic mass is 10.3. The Morgan fingerprint density at radius 1 is 1.39 bits per heavy atom. The number of nitrogens with zero attached hydrogens (tertiary/aromatic N) is 2. The number of anilines is 1. The molecule has 3 aromatic rings. The second kappa shape index (κ2) is 7.01. The van der Waals surface area contributed by atoms with Crippen LogP contribution in [0, 0.1) is 6.92 Å². The van der Waals surface area contributed by atoms with E-state index < -0.39 is 0 Å². The normalized spacial score (nSPS) is 10.9. The highest BCUT2D eigenvalue weighted by molar-refractivity contribution is 8.00. The molecule has 0 saturated carbocycles. The van der Waals surface area contributed by atoms with E-state index in [-0.39, 0.29) is 5.91 Å². The Morgan fingerprint density at radius 3 is 2.96 bits per heavy atom. The maximum absolute atomic E-state index is 12.1. The molecular weight excluding hydrogens is 334 g/mol. The predicted octanol–water partition coefficient (Wildman–Crippen LogP) is 4.14. The zero-order valence-corrected chi connectivity index (χ0v) is 14.3. The number of thiazole rings is 1. The highest BCUT2D eigenvalue weighted by Gasteiger charge is 2.15. The second-order valence-corrected chi connectivity index (χ2v) is 7.04. The number of aromatic nitrogens is 2. The van der Waals surface area contributed by atoms with Crippen LogP contribution in [0.25, 0.3) is 0 Å². The van der Waals surface area contributed by atoms with Gasteiger partial charge in [-0.1, -0.05) is 18.3 Å². The van der Waals surface area contributed by atoms with Crippen molar-refractivity contribution >= 4 is 34.1 Å². The Labute approximate surface area is 141 Å². The molecule has 1 amide bonds. The van der Waals surface area contributed by atoms with Gasteiger partial charge in [-0.2, -0.15) is 0 Å². The van der Waals surface area contributed by atoms with E-state index in [1.54, 1.807) is 30.2 Å². The van der Waals surface area contributed by atoms with Crippen LogP contribution in [0.3, 0.4) is 0 Å². The van der Waals surface area contributed by atoms with Crippen molar-refractivity contribution in [1.29, 1.82) is 0 Å². The molecule has 8 heteroatoms. The molecule has 0 bridgehead atoms. The molecule has 0 fully saturated rings. The van der Waals surface area contributed by atoms with Crippen LogP contribution in [0.2, 0.25) is 0 Å². The summed E-state index contributed by atoms with van der Waals surface area (Å²) in [6.07, 6.45) is 5.80. The third-order valence-electron chi connectivity index (χ3n) is 3.06. The summed E-state index contributed by atoms with van der Waals surface area (Å²) >= 11 is 2.98. The van der Waals surface area contributed by atoms with Gasteiger partial charge in [0.2, 0.25) is 5.89 Å². The first kappa shape index (κ1) is 15.8. The predicted molar refractivity (Wildman–Crippen MR) is 89.0 cm³/mol. The fourth-order valence-electron chi connectivity index (χ4n) is 1.85. The lowest BCUT2D eigenvalue weighted by Crippen LogP contribution is -2.11. The van der Waals surface area contributed by atoms with Crippen LogP contribution in [0.15, 0.2) is 37.8 Å². The molecule has 0 atom stereocenters. The van der Waals surface area contributed by atoms with Crippen molar-refractivity contribution in [3.05, 3.63) is 47.7 Å². The number of oxazole rings is 1. The standard InChI is InChI=1S/C15H15N3O3S2/c1-3-10-6-16-11(21-10)8-22-12-7-17-15(23-12)18-14(19)13-9(2)4-5-20-13/h4-7H,3,8H2,1-2H3,(H,17,18,19). The van der Waals surface area contributed by atoms with E-state index in [4.69, 9.17) is 8.83 Å². The molecule has 0 saturated heterocycles. The van der Waals surface area contributed by atoms with Gasteiger partial charge in [0.1, 0.15) is 5.76 Å². The number of nitrogens with one attached hydrogen (secondary N) is 1. The molecule has 0 spiro atoms. The summed E-state index contributed by atoms with van der Waals surface area (Å²) < 4.78 is 11.7. The molecule has 23 heavy (non-hydrogen) atoms. The Bertz CT molecular complexity index is 806. The molecule has 0 aliphatic carbocycles. The molecule has 0 aliphatic rings. The fourth-order valence-corrected chi connectivity index (χ4v) is 3.57. The SMILES string of the molecule is CCc1cnc(CSc2cnc(NC(=O)c3occc3C)s2)o1. The minimum Gasteiger partial charge on any atom is -0.459 e. The van der Waals surface area contributed by atoms with Gasteiger partial charge in [0, 0.05) is 12.0 Å². The number of aryl methyl sites for hydroxylation is 2. The molecule has 3 rings (SSSR count). The van der Waals surface area contributed by atoms with Crippen molar-refractivity contribution in [3.63, 3.8) is 0 Å². The molecule has 0 aliphatic heterocycles. The quantitative estimate of drug-likeness (QED) is 0.674. The van der Waals surface area contributed by atoms with Crippen LogP contribution < -0.4 is 5.32 Å². The van der Waals surface area contributed by atoms with Gasteiger partial charge in [0.15, 0.2) is 10.9 Å². The Balaban J connectivity index is 1.57. The molecule has 6 nitrogen and oxygen atoms in total. The van der Waals surface area contributed by atoms with E-state index >= 15 is 0 Å². The summed E-state index contributed by atoms with van der Waals surface area (Å²) in [5.74, 6) is 2.22. The average molecular weight is 349 g/mol. The minimum atomic E-state index is -0.293. The molecular formula is C15H15N3O3S2. The fraction of sp³-hybridized carbons (Fsp3) is 0.267. The number of thioether (sulfide) groups is 1. The van der Waals surface area contributed by atoms with E-state index in [1.165, 1.54) is 17.6 Å². The van der Waals surface area contributed by atoms with Gasteiger partial charge in [-0.15, -0.1) is 11.8 Å². The largest absolute Gasteiger partial charge is 0.459 e. The van der Waals surface area contributed by atoms with Crippen molar-refractivity contribution in [1.82, 2.24) is 9.97 Å². The highest BCUT2D eigenvalue weighted by atomic mass is 32.2. The zero-order chi connectivity index (χ0) is 16.2. The number of furan rings is 1. The van der Waals surface area contributed by atoms with Crippen molar-refractivity contribution in [3.8, 4) is 0 Å². The number of hydrogen-bond acceptors (Lipinski definition) is 7. The van der Waals surface area contributed by atoms with Gasteiger partial charge in [-0.25, -0.2) is 9.97 Å². The van der Waals surface area contributed by atoms with Gasteiger partial charge in [-0.3, -0.25) is 10.1 Å². The molecule has 0 unspecified atom stereocenters. The van der Waals surface area contributed by atoms with Gasteiger partial charge >= 0.3 is 0 Å². The number of hydrogen-bond donors (Lipinski definition) is 1. The van der Waals surface area contributed by atoms with Crippen LogP contribution >= 0.6 is 23.1 Å². The molecule has 1 N–H and O–H groups in total.